The normalized spacial score (nSPS) is 17.9. The lowest BCUT2D eigenvalue weighted by molar-refractivity contribution is 0.0782. The highest BCUT2D eigenvalue weighted by atomic mass is 16.5. The molecule has 1 N–H and O–H groups in total. The quantitative estimate of drug-likeness (QED) is 0.808. The molecule has 1 aliphatic rings. The Hall–Kier alpha value is -0.930. The van der Waals surface area contributed by atoms with E-state index in [1.165, 1.54) is 5.56 Å². The van der Waals surface area contributed by atoms with E-state index in [2.05, 4.69) is 16.4 Å². The Morgan fingerprint density at radius 1 is 1.40 bits per heavy atom. The number of hydrogen-bond acceptors (Lipinski definition) is 3. The molecule has 2 heterocycles. The molecule has 0 spiro atoms. The number of hydrogen-bond donors (Lipinski definition) is 1. The summed E-state index contributed by atoms with van der Waals surface area (Å²) in [6, 6.07) is 4.76. The number of aromatic nitrogens is 1. The van der Waals surface area contributed by atoms with Gasteiger partial charge in [-0.3, -0.25) is 4.98 Å². The summed E-state index contributed by atoms with van der Waals surface area (Å²) in [6.45, 7) is 2.85. The number of pyridine rings is 1. The summed E-state index contributed by atoms with van der Waals surface area (Å²) < 4.78 is 5.31. The SMILES string of the molecule is c1cncc(CCNC2CCOCC2)c1. The first-order chi connectivity index (χ1) is 7.45. The van der Waals surface area contributed by atoms with E-state index < -0.39 is 0 Å². The van der Waals surface area contributed by atoms with E-state index in [4.69, 9.17) is 4.74 Å². The van der Waals surface area contributed by atoms with Crippen molar-refractivity contribution in [2.75, 3.05) is 19.8 Å². The van der Waals surface area contributed by atoms with Gasteiger partial charge in [-0.2, -0.15) is 0 Å². The fourth-order valence-electron chi connectivity index (χ4n) is 1.87. The van der Waals surface area contributed by atoms with Gasteiger partial charge in [-0.05, 0) is 37.4 Å². The number of rotatable bonds is 4. The third-order valence-corrected chi connectivity index (χ3v) is 2.79. The molecule has 1 aromatic heterocycles. The topological polar surface area (TPSA) is 34.2 Å². The first-order valence-electron chi connectivity index (χ1n) is 5.65. The Kier molecular flexibility index (Phi) is 4.11. The molecule has 82 valence electrons. The molecule has 2 rings (SSSR count). The summed E-state index contributed by atoms with van der Waals surface area (Å²) in [4.78, 5) is 4.10. The third-order valence-electron chi connectivity index (χ3n) is 2.79. The standard InChI is InChI=1S/C12H18N2O/c1-2-11(10-13-6-1)3-7-14-12-4-8-15-9-5-12/h1-2,6,10,12,14H,3-5,7-9H2. The highest BCUT2D eigenvalue weighted by Crippen LogP contribution is 2.06. The summed E-state index contributed by atoms with van der Waals surface area (Å²) in [7, 11) is 0. The molecule has 1 saturated heterocycles. The maximum absolute atomic E-state index is 5.31. The van der Waals surface area contributed by atoms with Crippen LogP contribution in [0.4, 0.5) is 0 Å². The second-order valence-electron chi connectivity index (χ2n) is 3.95. The van der Waals surface area contributed by atoms with Crippen LogP contribution in [0, 0.1) is 0 Å². The van der Waals surface area contributed by atoms with Gasteiger partial charge in [-0.1, -0.05) is 6.07 Å². The summed E-state index contributed by atoms with van der Waals surface area (Å²) >= 11 is 0. The van der Waals surface area contributed by atoms with Gasteiger partial charge in [0.15, 0.2) is 0 Å². The maximum Gasteiger partial charge on any atom is 0.0480 e. The first-order valence-corrected chi connectivity index (χ1v) is 5.65. The predicted molar refractivity (Wildman–Crippen MR) is 59.8 cm³/mol. The molecule has 1 aliphatic heterocycles. The minimum atomic E-state index is 0.649. The average Bonchev–Trinajstić information content (AvgIpc) is 2.32. The Bertz CT molecular complexity index is 270. The average molecular weight is 206 g/mol. The second-order valence-corrected chi connectivity index (χ2v) is 3.95. The fraction of sp³-hybridized carbons (Fsp3) is 0.583. The Morgan fingerprint density at radius 2 is 2.27 bits per heavy atom. The highest BCUT2D eigenvalue weighted by Gasteiger charge is 2.11. The van der Waals surface area contributed by atoms with Crippen LogP contribution < -0.4 is 5.32 Å². The summed E-state index contributed by atoms with van der Waals surface area (Å²) in [5.41, 5.74) is 1.30. The molecule has 0 bridgehead atoms. The van der Waals surface area contributed by atoms with Crippen LogP contribution in [0.2, 0.25) is 0 Å². The third kappa shape index (κ3) is 3.61. The molecule has 0 saturated carbocycles. The maximum atomic E-state index is 5.31. The van der Waals surface area contributed by atoms with Crippen LogP contribution in [-0.2, 0) is 11.2 Å². The molecule has 0 aromatic carbocycles. The molecule has 0 unspecified atom stereocenters. The van der Waals surface area contributed by atoms with Crippen molar-refractivity contribution in [3.8, 4) is 0 Å². The van der Waals surface area contributed by atoms with Gasteiger partial charge in [0.25, 0.3) is 0 Å². The molecule has 0 amide bonds. The minimum Gasteiger partial charge on any atom is -0.381 e. The number of ether oxygens (including phenoxy) is 1. The molecule has 1 aromatic rings. The Labute approximate surface area is 90.9 Å². The highest BCUT2D eigenvalue weighted by molar-refractivity contribution is 5.08. The van der Waals surface area contributed by atoms with Gasteiger partial charge in [0.1, 0.15) is 0 Å². The van der Waals surface area contributed by atoms with Gasteiger partial charge >= 0.3 is 0 Å². The Morgan fingerprint density at radius 3 is 3.00 bits per heavy atom. The lowest BCUT2D eigenvalue weighted by atomic mass is 10.1. The van der Waals surface area contributed by atoms with Gasteiger partial charge < -0.3 is 10.1 Å². The number of nitrogens with one attached hydrogen (secondary N) is 1. The van der Waals surface area contributed by atoms with E-state index in [1.54, 1.807) is 0 Å². The van der Waals surface area contributed by atoms with E-state index in [-0.39, 0.29) is 0 Å². The molecule has 3 heteroatoms. The molecular weight excluding hydrogens is 188 g/mol. The first kappa shape index (κ1) is 10.6. The van der Waals surface area contributed by atoms with E-state index in [9.17, 15) is 0 Å². The van der Waals surface area contributed by atoms with Crippen LogP contribution >= 0.6 is 0 Å². The van der Waals surface area contributed by atoms with Gasteiger partial charge in [0, 0.05) is 31.6 Å². The fourth-order valence-corrected chi connectivity index (χ4v) is 1.87. The van der Waals surface area contributed by atoms with Crippen molar-refractivity contribution in [2.45, 2.75) is 25.3 Å². The second kappa shape index (κ2) is 5.83. The molecule has 0 aliphatic carbocycles. The minimum absolute atomic E-state index is 0.649. The molecule has 3 nitrogen and oxygen atoms in total. The molecule has 0 atom stereocenters. The van der Waals surface area contributed by atoms with Crippen LogP contribution in [0.5, 0.6) is 0 Å². The van der Waals surface area contributed by atoms with Crippen molar-refractivity contribution >= 4 is 0 Å². The zero-order chi connectivity index (χ0) is 10.3. The van der Waals surface area contributed by atoms with Gasteiger partial charge in [-0.25, -0.2) is 0 Å². The predicted octanol–water partition coefficient (Wildman–Crippen LogP) is 1.39. The summed E-state index contributed by atoms with van der Waals surface area (Å²) in [5, 5.41) is 3.56. The van der Waals surface area contributed by atoms with Gasteiger partial charge in [0.2, 0.25) is 0 Å². The van der Waals surface area contributed by atoms with E-state index in [1.807, 2.05) is 18.5 Å². The van der Waals surface area contributed by atoms with Crippen molar-refractivity contribution < 1.29 is 4.74 Å². The van der Waals surface area contributed by atoms with Crippen LogP contribution in [0.3, 0.4) is 0 Å². The van der Waals surface area contributed by atoms with Gasteiger partial charge in [0.05, 0.1) is 0 Å². The summed E-state index contributed by atoms with van der Waals surface area (Å²) in [5.74, 6) is 0. The summed E-state index contributed by atoms with van der Waals surface area (Å²) in [6.07, 6.45) is 7.10. The van der Waals surface area contributed by atoms with E-state index >= 15 is 0 Å². The monoisotopic (exact) mass is 206 g/mol. The van der Waals surface area contributed by atoms with Crippen molar-refractivity contribution in [3.63, 3.8) is 0 Å². The largest absolute Gasteiger partial charge is 0.381 e. The smallest absolute Gasteiger partial charge is 0.0480 e. The van der Waals surface area contributed by atoms with E-state index in [0.29, 0.717) is 6.04 Å². The molecule has 1 fully saturated rings. The van der Waals surface area contributed by atoms with Gasteiger partial charge in [-0.15, -0.1) is 0 Å². The number of nitrogens with zero attached hydrogens (tertiary/aromatic N) is 1. The van der Waals surface area contributed by atoms with Crippen LogP contribution in [0.15, 0.2) is 24.5 Å². The van der Waals surface area contributed by atoms with Crippen molar-refractivity contribution in [2.24, 2.45) is 0 Å². The van der Waals surface area contributed by atoms with Crippen LogP contribution in [0.25, 0.3) is 0 Å². The molecule has 15 heavy (non-hydrogen) atoms. The van der Waals surface area contributed by atoms with Crippen LogP contribution in [0.1, 0.15) is 18.4 Å². The lowest BCUT2D eigenvalue weighted by Crippen LogP contribution is -2.35. The van der Waals surface area contributed by atoms with Crippen molar-refractivity contribution in [1.29, 1.82) is 0 Å². The lowest BCUT2D eigenvalue weighted by Gasteiger charge is -2.23. The zero-order valence-corrected chi connectivity index (χ0v) is 8.98. The molecule has 0 radical (unpaired) electrons. The molecular formula is C12H18N2O. The van der Waals surface area contributed by atoms with E-state index in [0.717, 1.165) is 39.0 Å². The zero-order valence-electron chi connectivity index (χ0n) is 8.98. The Balaban J connectivity index is 1.66. The van der Waals surface area contributed by atoms with Crippen LogP contribution in [-0.4, -0.2) is 30.8 Å². The van der Waals surface area contributed by atoms with Crippen molar-refractivity contribution in [1.82, 2.24) is 10.3 Å². The van der Waals surface area contributed by atoms with Crippen molar-refractivity contribution in [3.05, 3.63) is 30.1 Å².